The Labute approximate surface area is 156 Å². The Kier molecular flexibility index (Phi) is 4.94. The second-order valence-corrected chi connectivity index (χ2v) is 5.90. The number of methoxy groups -OCH3 is 1. The van der Waals surface area contributed by atoms with E-state index in [2.05, 4.69) is 0 Å². The van der Waals surface area contributed by atoms with E-state index in [1.165, 1.54) is 18.9 Å². The van der Waals surface area contributed by atoms with Crippen molar-refractivity contribution in [3.63, 3.8) is 0 Å². The van der Waals surface area contributed by atoms with Crippen LogP contribution in [-0.2, 0) is 9.59 Å². The third-order valence-electron chi connectivity index (χ3n) is 4.04. The molecule has 0 radical (unpaired) electrons. The van der Waals surface area contributed by atoms with Crippen LogP contribution in [0.1, 0.15) is 22.8 Å². The number of nitrogens with two attached hydrogens (primary N) is 1. The number of amides is 2. The molecule has 0 bridgehead atoms. The standard InChI is InChI=1S/C20H18N2O5/c1-12(23)22-15-6-4-3-5-14(15)20(25)16(22)9-13-7-8-17(18(10-13)26-2)27-11-19(21)24/h3-10H,11H2,1-2H3,(H2,21,24)/b16-9-. The Morgan fingerprint density at radius 3 is 2.56 bits per heavy atom. The van der Waals surface area contributed by atoms with E-state index in [1.807, 2.05) is 0 Å². The highest BCUT2D eigenvalue weighted by Gasteiger charge is 2.34. The molecule has 2 aromatic rings. The van der Waals surface area contributed by atoms with Crippen LogP contribution in [-0.4, -0.2) is 31.3 Å². The van der Waals surface area contributed by atoms with Gasteiger partial charge < -0.3 is 15.2 Å². The van der Waals surface area contributed by atoms with Crippen molar-refractivity contribution in [3.8, 4) is 11.5 Å². The van der Waals surface area contributed by atoms with Crippen LogP contribution in [0.3, 0.4) is 0 Å². The number of carbonyl (C=O) groups is 3. The van der Waals surface area contributed by atoms with E-state index in [4.69, 9.17) is 15.2 Å². The molecule has 0 fully saturated rings. The number of benzene rings is 2. The van der Waals surface area contributed by atoms with Crippen molar-refractivity contribution in [2.24, 2.45) is 5.73 Å². The highest BCUT2D eigenvalue weighted by atomic mass is 16.5. The topological polar surface area (TPSA) is 98.9 Å². The monoisotopic (exact) mass is 366 g/mol. The van der Waals surface area contributed by atoms with Crippen LogP contribution in [0.25, 0.3) is 6.08 Å². The maximum atomic E-state index is 12.7. The van der Waals surface area contributed by atoms with E-state index in [-0.39, 0.29) is 24.0 Å². The average molecular weight is 366 g/mol. The minimum atomic E-state index is -0.602. The molecule has 0 unspecified atom stereocenters. The molecular formula is C20H18N2O5. The Morgan fingerprint density at radius 2 is 1.89 bits per heavy atom. The first-order valence-electron chi connectivity index (χ1n) is 8.17. The number of anilines is 1. The van der Waals surface area contributed by atoms with Crippen molar-refractivity contribution >= 4 is 29.4 Å². The second kappa shape index (κ2) is 7.33. The zero-order chi connectivity index (χ0) is 19.6. The molecule has 1 aliphatic rings. The highest BCUT2D eigenvalue weighted by molar-refractivity contribution is 6.26. The fourth-order valence-corrected chi connectivity index (χ4v) is 2.90. The summed E-state index contributed by atoms with van der Waals surface area (Å²) < 4.78 is 10.6. The highest BCUT2D eigenvalue weighted by Crippen LogP contribution is 2.36. The van der Waals surface area contributed by atoms with Gasteiger partial charge in [-0.15, -0.1) is 0 Å². The number of allylic oxidation sites excluding steroid dienone is 1. The van der Waals surface area contributed by atoms with Crippen LogP contribution >= 0.6 is 0 Å². The van der Waals surface area contributed by atoms with Crippen molar-refractivity contribution in [3.05, 3.63) is 59.3 Å². The summed E-state index contributed by atoms with van der Waals surface area (Å²) in [5.74, 6) is -0.359. The summed E-state index contributed by atoms with van der Waals surface area (Å²) >= 11 is 0. The molecule has 0 aromatic heterocycles. The molecule has 2 aromatic carbocycles. The number of hydrogen-bond donors (Lipinski definition) is 1. The molecule has 3 rings (SSSR count). The summed E-state index contributed by atoms with van der Waals surface area (Å²) in [6.45, 7) is 1.13. The van der Waals surface area contributed by atoms with Crippen LogP contribution in [0.4, 0.5) is 5.69 Å². The van der Waals surface area contributed by atoms with E-state index in [1.54, 1.807) is 48.5 Å². The molecule has 2 N–H and O–H groups in total. The molecule has 0 atom stereocenters. The minimum Gasteiger partial charge on any atom is -0.493 e. The summed E-state index contributed by atoms with van der Waals surface area (Å²) in [6.07, 6.45) is 1.62. The van der Waals surface area contributed by atoms with Crippen LogP contribution in [0.15, 0.2) is 48.2 Å². The van der Waals surface area contributed by atoms with Gasteiger partial charge in [0.15, 0.2) is 18.1 Å². The molecule has 138 valence electrons. The maximum absolute atomic E-state index is 12.7. The first kappa shape index (κ1) is 18.2. The quantitative estimate of drug-likeness (QED) is 0.818. The zero-order valence-electron chi connectivity index (χ0n) is 14.9. The predicted molar refractivity (Wildman–Crippen MR) is 99.6 cm³/mol. The van der Waals surface area contributed by atoms with E-state index in [0.717, 1.165) is 0 Å². The molecular weight excluding hydrogens is 348 g/mol. The lowest BCUT2D eigenvalue weighted by atomic mass is 10.1. The fraction of sp³-hybridized carbons (Fsp3) is 0.150. The Balaban J connectivity index is 1.99. The number of primary amides is 1. The molecule has 0 saturated heterocycles. The Bertz CT molecular complexity index is 965. The normalized spacial score (nSPS) is 14.2. The van der Waals surface area contributed by atoms with Gasteiger partial charge in [0.2, 0.25) is 11.7 Å². The molecule has 1 heterocycles. The number of nitrogens with zero attached hydrogens (tertiary/aromatic N) is 1. The van der Waals surface area contributed by atoms with E-state index < -0.39 is 5.91 Å². The number of Topliss-reactive ketones (excluding diaryl/α,β-unsaturated/α-hetero) is 1. The molecule has 7 nitrogen and oxygen atoms in total. The number of ketones is 1. The first-order chi connectivity index (χ1) is 12.9. The maximum Gasteiger partial charge on any atom is 0.255 e. The lowest BCUT2D eigenvalue weighted by molar-refractivity contribution is -0.120. The lowest BCUT2D eigenvalue weighted by Crippen LogP contribution is -2.25. The molecule has 27 heavy (non-hydrogen) atoms. The third kappa shape index (κ3) is 3.52. The van der Waals surface area contributed by atoms with Gasteiger partial charge in [-0.05, 0) is 35.9 Å². The molecule has 0 aliphatic carbocycles. The SMILES string of the molecule is COc1cc(/C=C2/C(=O)c3ccccc3N2C(C)=O)ccc1OCC(N)=O. The molecule has 2 amide bonds. The number of fused-ring (bicyclic) bond motifs is 1. The summed E-state index contributed by atoms with van der Waals surface area (Å²) in [4.78, 5) is 37.1. The average Bonchev–Trinajstić information content (AvgIpc) is 2.93. The number of rotatable bonds is 5. The van der Waals surface area contributed by atoms with Gasteiger partial charge in [-0.2, -0.15) is 0 Å². The summed E-state index contributed by atoms with van der Waals surface area (Å²) in [5.41, 5.74) is 7.03. The lowest BCUT2D eigenvalue weighted by Gasteiger charge is -2.16. The van der Waals surface area contributed by atoms with Gasteiger partial charge in [0, 0.05) is 12.5 Å². The van der Waals surface area contributed by atoms with Gasteiger partial charge in [-0.25, -0.2) is 0 Å². The number of hydrogen-bond acceptors (Lipinski definition) is 5. The molecule has 1 aliphatic heterocycles. The van der Waals surface area contributed by atoms with Crippen LogP contribution in [0.2, 0.25) is 0 Å². The van der Waals surface area contributed by atoms with Gasteiger partial charge in [-0.1, -0.05) is 18.2 Å². The summed E-state index contributed by atoms with van der Waals surface area (Å²) in [7, 11) is 1.46. The van der Waals surface area contributed by atoms with E-state index in [9.17, 15) is 14.4 Å². The van der Waals surface area contributed by atoms with E-state index >= 15 is 0 Å². The largest absolute Gasteiger partial charge is 0.493 e. The number of carbonyl (C=O) groups excluding carboxylic acids is 3. The third-order valence-corrected chi connectivity index (χ3v) is 4.04. The molecule has 0 saturated carbocycles. The number of ether oxygens (including phenoxy) is 2. The van der Waals surface area contributed by atoms with Crippen molar-refractivity contribution in [2.75, 3.05) is 18.6 Å². The second-order valence-electron chi connectivity index (χ2n) is 5.90. The van der Waals surface area contributed by atoms with Gasteiger partial charge in [0.25, 0.3) is 5.91 Å². The summed E-state index contributed by atoms with van der Waals surface area (Å²) in [5, 5.41) is 0. The van der Waals surface area contributed by atoms with Crippen LogP contribution in [0.5, 0.6) is 11.5 Å². The number of para-hydroxylation sites is 1. The minimum absolute atomic E-state index is 0.228. The van der Waals surface area contributed by atoms with Crippen molar-refractivity contribution in [1.82, 2.24) is 0 Å². The van der Waals surface area contributed by atoms with Gasteiger partial charge in [-0.3, -0.25) is 19.3 Å². The van der Waals surface area contributed by atoms with Crippen LogP contribution < -0.4 is 20.1 Å². The van der Waals surface area contributed by atoms with Gasteiger partial charge in [0.05, 0.1) is 18.5 Å². The van der Waals surface area contributed by atoms with Crippen molar-refractivity contribution in [1.29, 1.82) is 0 Å². The molecule has 0 spiro atoms. The predicted octanol–water partition coefficient (Wildman–Crippen LogP) is 2.15. The van der Waals surface area contributed by atoms with Crippen molar-refractivity contribution < 1.29 is 23.9 Å². The smallest absolute Gasteiger partial charge is 0.255 e. The van der Waals surface area contributed by atoms with Crippen molar-refractivity contribution in [2.45, 2.75) is 6.92 Å². The first-order valence-corrected chi connectivity index (χ1v) is 8.17. The van der Waals surface area contributed by atoms with Gasteiger partial charge in [0.1, 0.15) is 0 Å². The zero-order valence-corrected chi connectivity index (χ0v) is 14.9. The molecule has 7 heteroatoms. The van der Waals surface area contributed by atoms with E-state index in [0.29, 0.717) is 28.3 Å². The Hall–Kier alpha value is -3.61. The Morgan fingerprint density at radius 1 is 1.15 bits per heavy atom. The fourth-order valence-electron chi connectivity index (χ4n) is 2.90. The summed E-state index contributed by atoms with van der Waals surface area (Å²) in [6, 6.07) is 11.9. The van der Waals surface area contributed by atoms with Gasteiger partial charge >= 0.3 is 0 Å². The van der Waals surface area contributed by atoms with Crippen LogP contribution in [0, 0.1) is 0 Å².